The van der Waals surface area contributed by atoms with E-state index in [9.17, 15) is 9.59 Å². The molecule has 4 rings (SSSR count). The first-order valence-electron chi connectivity index (χ1n) is 11.5. The summed E-state index contributed by atoms with van der Waals surface area (Å²) in [6.45, 7) is 7.94. The van der Waals surface area contributed by atoms with E-state index >= 15 is 4.39 Å². The van der Waals surface area contributed by atoms with E-state index in [1.165, 1.54) is 17.8 Å². The number of hydrogen-bond acceptors (Lipinski definition) is 6. The smallest absolute Gasteiger partial charge is 0.408 e. The molecule has 8 nitrogen and oxygen atoms in total. The van der Waals surface area contributed by atoms with Gasteiger partial charge in [-0.3, -0.25) is 9.48 Å². The minimum Gasteiger partial charge on any atom is -0.444 e. The van der Waals surface area contributed by atoms with Gasteiger partial charge in [0.15, 0.2) is 0 Å². The van der Waals surface area contributed by atoms with E-state index in [1.807, 2.05) is 19.1 Å². The number of amides is 2. The first-order chi connectivity index (χ1) is 17.0. The Morgan fingerprint density at radius 1 is 1.28 bits per heavy atom. The van der Waals surface area contributed by atoms with Gasteiger partial charge >= 0.3 is 6.09 Å². The number of nitrogens with one attached hydrogen (secondary N) is 1. The standard InChI is InChI=1S/C25H27ClFN5O3S/c1-5-31-13-19(29-30-31)17-10-21-22(11-18(17)27)36-14-20(28-24(34)35-25(2,3)4)23(33)32(21)12-15-6-8-16(26)9-7-15/h6-11,13,20H,5,12,14H2,1-4H3,(H,28,34)/t20-/m0/s1. The van der Waals surface area contributed by atoms with Crippen molar-refractivity contribution in [3.63, 3.8) is 0 Å². The van der Waals surface area contributed by atoms with Crippen LogP contribution < -0.4 is 10.2 Å². The van der Waals surface area contributed by atoms with Crippen LogP contribution in [-0.4, -0.2) is 44.4 Å². The van der Waals surface area contributed by atoms with E-state index in [4.69, 9.17) is 16.3 Å². The summed E-state index contributed by atoms with van der Waals surface area (Å²) >= 11 is 7.33. The van der Waals surface area contributed by atoms with Crippen LogP contribution in [0, 0.1) is 5.82 Å². The minimum absolute atomic E-state index is 0.197. The monoisotopic (exact) mass is 531 g/mol. The highest BCUT2D eigenvalue weighted by molar-refractivity contribution is 7.99. The van der Waals surface area contributed by atoms with Crippen molar-refractivity contribution in [3.8, 4) is 11.3 Å². The number of carbonyl (C=O) groups excluding carboxylic acids is 2. The van der Waals surface area contributed by atoms with E-state index in [0.29, 0.717) is 27.8 Å². The Labute approximate surface area is 218 Å². The van der Waals surface area contributed by atoms with E-state index in [0.717, 1.165) is 5.56 Å². The summed E-state index contributed by atoms with van der Waals surface area (Å²) in [5, 5.41) is 11.4. The van der Waals surface area contributed by atoms with Crippen molar-refractivity contribution in [1.82, 2.24) is 20.3 Å². The lowest BCUT2D eigenvalue weighted by molar-refractivity contribution is -0.120. The van der Waals surface area contributed by atoms with Crippen LogP contribution in [0.3, 0.4) is 0 Å². The molecule has 2 heterocycles. The summed E-state index contributed by atoms with van der Waals surface area (Å²) in [7, 11) is 0. The molecule has 3 aromatic rings. The van der Waals surface area contributed by atoms with Gasteiger partial charge in [0.25, 0.3) is 5.91 Å². The number of alkyl carbamates (subject to hydrolysis) is 1. The molecule has 1 aromatic heterocycles. The van der Waals surface area contributed by atoms with Crippen LogP contribution in [0.1, 0.15) is 33.3 Å². The molecule has 190 valence electrons. The van der Waals surface area contributed by atoms with Crippen LogP contribution in [0.25, 0.3) is 11.3 Å². The Morgan fingerprint density at radius 2 is 2.00 bits per heavy atom. The third-order valence-electron chi connectivity index (χ3n) is 5.39. The number of carbonyl (C=O) groups is 2. The molecule has 0 unspecified atom stereocenters. The van der Waals surface area contributed by atoms with Crippen molar-refractivity contribution in [1.29, 1.82) is 0 Å². The van der Waals surface area contributed by atoms with Gasteiger partial charge < -0.3 is 15.0 Å². The molecular formula is C25H27ClFN5O3S. The molecule has 0 saturated carbocycles. The Hall–Kier alpha value is -3.11. The van der Waals surface area contributed by atoms with Gasteiger partial charge in [0.05, 0.1) is 18.4 Å². The molecule has 0 saturated heterocycles. The summed E-state index contributed by atoms with van der Waals surface area (Å²) < 4.78 is 22.2. The zero-order valence-corrected chi connectivity index (χ0v) is 22.0. The molecule has 0 aliphatic carbocycles. The fourth-order valence-electron chi connectivity index (χ4n) is 3.68. The number of benzene rings is 2. The number of fused-ring (bicyclic) bond motifs is 1. The number of rotatable bonds is 5. The topological polar surface area (TPSA) is 89.4 Å². The molecule has 0 radical (unpaired) electrons. The lowest BCUT2D eigenvalue weighted by Crippen LogP contribution is -2.50. The Balaban J connectivity index is 1.73. The Kier molecular flexibility index (Phi) is 7.56. The van der Waals surface area contributed by atoms with E-state index in [-0.39, 0.29) is 23.8 Å². The highest BCUT2D eigenvalue weighted by Gasteiger charge is 2.34. The van der Waals surface area contributed by atoms with Gasteiger partial charge in [0.2, 0.25) is 0 Å². The Morgan fingerprint density at radius 3 is 2.64 bits per heavy atom. The van der Waals surface area contributed by atoms with E-state index < -0.39 is 23.6 Å². The number of ether oxygens (including phenoxy) is 1. The summed E-state index contributed by atoms with van der Waals surface area (Å²) in [4.78, 5) is 28.4. The maximum atomic E-state index is 15.2. The van der Waals surface area contributed by atoms with Crippen molar-refractivity contribution in [2.45, 2.75) is 57.3 Å². The number of aromatic nitrogens is 3. The number of halogens is 2. The summed E-state index contributed by atoms with van der Waals surface area (Å²) in [5.74, 6) is -0.592. The van der Waals surface area contributed by atoms with Crippen molar-refractivity contribution in [3.05, 3.63) is 59.0 Å². The first kappa shape index (κ1) is 26.0. The molecule has 1 aliphatic rings. The maximum Gasteiger partial charge on any atom is 0.408 e. The number of hydrogen-bond donors (Lipinski definition) is 1. The SMILES string of the molecule is CCn1cc(-c2cc3c(cc2F)SC[C@H](NC(=O)OC(C)(C)C)C(=O)N3Cc2ccc(Cl)cc2)nn1. The van der Waals surface area contributed by atoms with Crippen LogP contribution >= 0.6 is 23.4 Å². The summed E-state index contributed by atoms with van der Waals surface area (Å²) in [6, 6.07) is 9.26. The average Bonchev–Trinajstić information content (AvgIpc) is 3.25. The molecule has 11 heteroatoms. The van der Waals surface area contributed by atoms with Gasteiger partial charge in [-0.1, -0.05) is 28.9 Å². The molecule has 2 aromatic carbocycles. The summed E-state index contributed by atoms with van der Waals surface area (Å²) in [6.07, 6.45) is 0.967. The quantitative estimate of drug-likeness (QED) is 0.481. The minimum atomic E-state index is -0.878. The fraction of sp³-hybridized carbons (Fsp3) is 0.360. The molecule has 1 atom stereocenters. The molecule has 1 aliphatic heterocycles. The van der Waals surface area contributed by atoms with Gasteiger partial charge in [0.1, 0.15) is 23.2 Å². The number of nitrogens with zero attached hydrogens (tertiary/aromatic N) is 4. The second kappa shape index (κ2) is 10.5. The molecule has 0 spiro atoms. The highest BCUT2D eigenvalue weighted by Crippen LogP contribution is 2.39. The predicted molar refractivity (Wildman–Crippen MR) is 138 cm³/mol. The lowest BCUT2D eigenvalue weighted by atomic mass is 10.1. The third kappa shape index (κ3) is 5.99. The second-order valence-corrected chi connectivity index (χ2v) is 10.8. The van der Waals surface area contributed by atoms with Crippen molar-refractivity contribution < 1.29 is 18.7 Å². The fourth-order valence-corrected chi connectivity index (χ4v) is 4.88. The zero-order valence-electron chi connectivity index (χ0n) is 20.4. The normalized spacial score (nSPS) is 15.9. The van der Waals surface area contributed by atoms with E-state index in [2.05, 4.69) is 15.6 Å². The third-order valence-corrected chi connectivity index (χ3v) is 6.78. The summed E-state index contributed by atoms with van der Waals surface area (Å²) in [5.41, 5.74) is 1.24. The van der Waals surface area contributed by atoms with Gasteiger partial charge in [-0.05, 0) is 57.5 Å². The molecule has 0 fully saturated rings. The van der Waals surface area contributed by atoms with Crippen LogP contribution in [0.5, 0.6) is 0 Å². The van der Waals surface area contributed by atoms with Gasteiger partial charge in [-0.2, -0.15) is 0 Å². The number of anilines is 1. The van der Waals surface area contributed by atoms with Gasteiger partial charge in [-0.15, -0.1) is 16.9 Å². The van der Waals surface area contributed by atoms with Crippen LogP contribution in [-0.2, 0) is 22.6 Å². The lowest BCUT2D eigenvalue weighted by Gasteiger charge is -2.27. The average molecular weight is 532 g/mol. The second-order valence-electron chi connectivity index (χ2n) is 9.32. The van der Waals surface area contributed by atoms with Crippen molar-refractivity contribution in [2.75, 3.05) is 10.7 Å². The first-order valence-corrected chi connectivity index (χ1v) is 12.8. The molecule has 36 heavy (non-hydrogen) atoms. The Bertz CT molecular complexity index is 1280. The predicted octanol–water partition coefficient (Wildman–Crippen LogP) is 5.29. The van der Waals surface area contributed by atoms with Crippen LogP contribution in [0.4, 0.5) is 14.9 Å². The highest BCUT2D eigenvalue weighted by atomic mass is 35.5. The van der Waals surface area contributed by atoms with Crippen LogP contribution in [0.15, 0.2) is 47.5 Å². The molecular weight excluding hydrogens is 505 g/mol. The number of aryl methyl sites for hydroxylation is 1. The van der Waals surface area contributed by atoms with Gasteiger partial charge in [-0.25, -0.2) is 9.18 Å². The maximum absolute atomic E-state index is 15.2. The molecule has 1 N–H and O–H groups in total. The molecule has 0 bridgehead atoms. The van der Waals surface area contributed by atoms with E-state index in [1.54, 1.807) is 54.7 Å². The molecule has 2 amide bonds. The number of thioether (sulfide) groups is 1. The zero-order chi connectivity index (χ0) is 26.0. The largest absolute Gasteiger partial charge is 0.444 e. The van der Waals surface area contributed by atoms with Crippen molar-refractivity contribution >= 4 is 41.1 Å². The van der Waals surface area contributed by atoms with Crippen LogP contribution in [0.2, 0.25) is 5.02 Å². The van der Waals surface area contributed by atoms with Gasteiger partial charge in [0, 0.05) is 27.8 Å². The van der Waals surface area contributed by atoms with Crippen molar-refractivity contribution in [2.24, 2.45) is 0 Å².